The highest BCUT2D eigenvalue weighted by atomic mass is 79.9. The summed E-state index contributed by atoms with van der Waals surface area (Å²) in [5.41, 5.74) is -0.721. The fourth-order valence-corrected chi connectivity index (χ4v) is 1.80. The molecule has 0 bridgehead atoms. The average Bonchev–Trinajstić information content (AvgIpc) is 2.83. The van der Waals surface area contributed by atoms with Crippen LogP contribution in [0.3, 0.4) is 0 Å². The van der Waals surface area contributed by atoms with Crippen molar-refractivity contribution in [3.05, 3.63) is 22.3 Å². The third kappa shape index (κ3) is 2.48. The summed E-state index contributed by atoms with van der Waals surface area (Å²) in [5, 5.41) is 2.82. The molecule has 0 amide bonds. The van der Waals surface area contributed by atoms with Crippen LogP contribution >= 0.6 is 15.9 Å². The molecule has 88 valence electrons. The Morgan fingerprint density at radius 2 is 2.12 bits per heavy atom. The van der Waals surface area contributed by atoms with E-state index in [1.165, 1.54) is 6.20 Å². The Morgan fingerprint density at radius 1 is 1.50 bits per heavy atom. The van der Waals surface area contributed by atoms with E-state index in [0.717, 1.165) is 12.5 Å². The molecule has 0 saturated heterocycles. The van der Waals surface area contributed by atoms with E-state index in [9.17, 15) is 13.2 Å². The Morgan fingerprint density at radius 3 is 2.62 bits per heavy atom. The molecule has 1 aliphatic rings. The quantitative estimate of drug-likeness (QED) is 0.900. The van der Waals surface area contributed by atoms with Gasteiger partial charge in [0.1, 0.15) is 5.82 Å². The van der Waals surface area contributed by atoms with Crippen LogP contribution in [-0.2, 0) is 6.18 Å². The molecular weight excluding hydrogens is 285 g/mol. The molecular formula is C10H10BrF3N2. The van der Waals surface area contributed by atoms with Crippen molar-refractivity contribution in [2.45, 2.75) is 25.6 Å². The van der Waals surface area contributed by atoms with Crippen LogP contribution in [0.2, 0.25) is 0 Å². The fourth-order valence-electron chi connectivity index (χ4n) is 1.47. The van der Waals surface area contributed by atoms with Gasteiger partial charge in [0.2, 0.25) is 0 Å². The van der Waals surface area contributed by atoms with Crippen molar-refractivity contribution in [3.63, 3.8) is 0 Å². The highest BCUT2D eigenvalue weighted by Gasteiger charge is 2.38. The number of halogens is 4. The van der Waals surface area contributed by atoms with Crippen molar-refractivity contribution in [1.82, 2.24) is 4.98 Å². The standard InChI is InChI=1S/C10H10BrF3N2/c1-5-2-8(5)16-9-7(10(12,13)14)3-6(11)4-15-9/h3-5,8H,2H2,1H3,(H,15,16). The summed E-state index contributed by atoms with van der Waals surface area (Å²) in [5.74, 6) is 0.344. The number of pyridine rings is 1. The number of nitrogens with zero attached hydrogens (tertiary/aromatic N) is 1. The molecule has 2 atom stereocenters. The van der Waals surface area contributed by atoms with Crippen molar-refractivity contribution < 1.29 is 13.2 Å². The zero-order valence-electron chi connectivity index (χ0n) is 8.48. The second kappa shape index (κ2) is 3.91. The number of hydrogen-bond acceptors (Lipinski definition) is 2. The topological polar surface area (TPSA) is 24.9 Å². The molecule has 2 rings (SSSR count). The number of alkyl halides is 3. The minimum absolute atomic E-state index is 0.0787. The van der Waals surface area contributed by atoms with Gasteiger partial charge in [0.05, 0.1) is 5.56 Å². The average molecular weight is 295 g/mol. The lowest BCUT2D eigenvalue weighted by Gasteiger charge is -2.13. The van der Waals surface area contributed by atoms with E-state index in [2.05, 4.69) is 26.2 Å². The first kappa shape index (κ1) is 11.7. The molecule has 6 heteroatoms. The van der Waals surface area contributed by atoms with E-state index >= 15 is 0 Å². The van der Waals surface area contributed by atoms with Crippen LogP contribution in [0.5, 0.6) is 0 Å². The van der Waals surface area contributed by atoms with Gasteiger partial charge in [0.25, 0.3) is 0 Å². The Labute approximate surface area is 99.4 Å². The molecule has 2 unspecified atom stereocenters. The number of hydrogen-bond donors (Lipinski definition) is 1. The highest BCUT2D eigenvalue weighted by molar-refractivity contribution is 9.10. The van der Waals surface area contributed by atoms with Crippen LogP contribution in [0, 0.1) is 5.92 Å². The molecule has 0 aliphatic heterocycles. The normalized spacial score (nSPS) is 24.3. The van der Waals surface area contributed by atoms with Crippen LogP contribution in [0.1, 0.15) is 18.9 Å². The van der Waals surface area contributed by atoms with E-state index in [1.54, 1.807) is 0 Å². The number of rotatable bonds is 2. The number of nitrogens with one attached hydrogen (secondary N) is 1. The van der Waals surface area contributed by atoms with E-state index in [0.29, 0.717) is 10.4 Å². The van der Waals surface area contributed by atoms with Crippen molar-refractivity contribution in [3.8, 4) is 0 Å². The summed E-state index contributed by atoms with van der Waals surface area (Å²) < 4.78 is 38.4. The first-order chi connectivity index (χ1) is 7.38. The summed E-state index contributed by atoms with van der Waals surface area (Å²) in [6, 6.07) is 1.16. The Hall–Kier alpha value is -0.780. The molecule has 1 aliphatic carbocycles. The smallest absolute Gasteiger partial charge is 0.367 e. The summed E-state index contributed by atoms with van der Waals surface area (Å²) in [6.45, 7) is 1.99. The Balaban J connectivity index is 2.29. The molecule has 1 fully saturated rings. The van der Waals surface area contributed by atoms with Gasteiger partial charge < -0.3 is 5.32 Å². The van der Waals surface area contributed by atoms with Gasteiger partial charge in [0, 0.05) is 16.7 Å². The predicted octanol–water partition coefficient (Wildman–Crippen LogP) is 3.68. The monoisotopic (exact) mass is 294 g/mol. The van der Waals surface area contributed by atoms with Gasteiger partial charge in [-0.05, 0) is 34.3 Å². The summed E-state index contributed by atoms with van der Waals surface area (Å²) >= 11 is 2.99. The molecule has 1 heterocycles. The van der Waals surface area contributed by atoms with Gasteiger partial charge in [-0.3, -0.25) is 0 Å². The Bertz CT molecular complexity index is 406. The highest BCUT2D eigenvalue weighted by Crippen LogP contribution is 2.38. The van der Waals surface area contributed by atoms with E-state index in [1.807, 2.05) is 6.92 Å². The van der Waals surface area contributed by atoms with E-state index in [-0.39, 0.29) is 11.9 Å². The second-order valence-electron chi connectivity index (χ2n) is 4.01. The summed E-state index contributed by atoms with van der Waals surface area (Å²) in [7, 11) is 0. The predicted molar refractivity (Wildman–Crippen MR) is 58.1 cm³/mol. The van der Waals surface area contributed by atoms with E-state index < -0.39 is 11.7 Å². The lowest BCUT2D eigenvalue weighted by atomic mass is 10.2. The van der Waals surface area contributed by atoms with Crippen LogP contribution in [0.25, 0.3) is 0 Å². The molecule has 0 aromatic carbocycles. The zero-order chi connectivity index (χ0) is 11.9. The van der Waals surface area contributed by atoms with Crippen molar-refractivity contribution in [2.75, 3.05) is 5.32 Å². The summed E-state index contributed by atoms with van der Waals surface area (Å²) in [6.07, 6.45) is -2.11. The first-order valence-corrected chi connectivity index (χ1v) is 5.66. The van der Waals surface area contributed by atoms with Crippen LogP contribution in [0.15, 0.2) is 16.7 Å². The zero-order valence-corrected chi connectivity index (χ0v) is 10.1. The third-order valence-electron chi connectivity index (χ3n) is 2.59. The molecule has 2 nitrogen and oxygen atoms in total. The fraction of sp³-hybridized carbons (Fsp3) is 0.500. The third-order valence-corrected chi connectivity index (χ3v) is 3.02. The lowest BCUT2D eigenvalue weighted by Crippen LogP contribution is -2.14. The Kier molecular flexibility index (Phi) is 2.86. The number of aromatic nitrogens is 1. The van der Waals surface area contributed by atoms with Crippen LogP contribution in [-0.4, -0.2) is 11.0 Å². The van der Waals surface area contributed by atoms with Gasteiger partial charge in [0.15, 0.2) is 0 Å². The van der Waals surface area contributed by atoms with Gasteiger partial charge in [-0.25, -0.2) is 4.98 Å². The first-order valence-electron chi connectivity index (χ1n) is 4.87. The molecule has 1 aromatic heterocycles. The molecule has 0 spiro atoms. The maximum atomic E-state index is 12.7. The van der Waals surface area contributed by atoms with E-state index in [4.69, 9.17) is 0 Å². The molecule has 1 saturated carbocycles. The minimum Gasteiger partial charge on any atom is -0.367 e. The van der Waals surface area contributed by atoms with Crippen LogP contribution in [0.4, 0.5) is 19.0 Å². The van der Waals surface area contributed by atoms with Gasteiger partial charge >= 0.3 is 6.18 Å². The van der Waals surface area contributed by atoms with Crippen molar-refractivity contribution in [2.24, 2.45) is 5.92 Å². The lowest BCUT2D eigenvalue weighted by molar-refractivity contribution is -0.137. The summed E-state index contributed by atoms with van der Waals surface area (Å²) in [4.78, 5) is 3.78. The molecule has 1 N–H and O–H groups in total. The largest absolute Gasteiger partial charge is 0.419 e. The van der Waals surface area contributed by atoms with Crippen molar-refractivity contribution in [1.29, 1.82) is 0 Å². The molecule has 16 heavy (non-hydrogen) atoms. The number of anilines is 1. The second-order valence-corrected chi connectivity index (χ2v) is 4.93. The van der Waals surface area contributed by atoms with Gasteiger partial charge in [-0.15, -0.1) is 0 Å². The SMILES string of the molecule is CC1CC1Nc1ncc(Br)cc1C(F)(F)F. The van der Waals surface area contributed by atoms with Crippen molar-refractivity contribution >= 4 is 21.7 Å². The maximum absolute atomic E-state index is 12.7. The maximum Gasteiger partial charge on any atom is 0.419 e. The molecule has 1 aromatic rings. The minimum atomic E-state index is -4.38. The van der Waals surface area contributed by atoms with Gasteiger partial charge in [-0.2, -0.15) is 13.2 Å². The van der Waals surface area contributed by atoms with Gasteiger partial charge in [-0.1, -0.05) is 6.92 Å². The molecule has 0 radical (unpaired) electrons. The van der Waals surface area contributed by atoms with Crippen LogP contribution < -0.4 is 5.32 Å².